The predicted molar refractivity (Wildman–Crippen MR) is 136 cm³/mol. The van der Waals surface area contributed by atoms with Gasteiger partial charge in [0.2, 0.25) is 0 Å². The van der Waals surface area contributed by atoms with Gasteiger partial charge >= 0.3 is 23.9 Å². The number of ether oxygens (including phenoxy) is 4. The maximum absolute atomic E-state index is 11.7. The second-order valence-corrected chi connectivity index (χ2v) is 8.34. The standard InChI is InChI=1S/C28H34O10/c1-5-23(29)35-13-19-9-17(10-20(27(19)33)14-36-24(30)6-2)18-11-21(15-37-25(31)7-3)28(34)22(12-18)16-38-26(32)8-4/h9-12,33-34H,5-8,13-16H2,1-4H3. The first-order valence-corrected chi connectivity index (χ1v) is 12.5. The van der Waals surface area contributed by atoms with Gasteiger partial charge in [0.1, 0.15) is 37.9 Å². The normalized spacial score (nSPS) is 10.5. The van der Waals surface area contributed by atoms with E-state index in [2.05, 4.69) is 0 Å². The smallest absolute Gasteiger partial charge is 0.305 e. The number of carbonyl (C=O) groups is 4. The van der Waals surface area contributed by atoms with Crippen LogP contribution < -0.4 is 0 Å². The zero-order valence-electron chi connectivity index (χ0n) is 22.1. The molecule has 0 radical (unpaired) electrons. The number of carbonyl (C=O) groups excluding carboxylic acids is 4. The summed E-state index contributed by atoms with van der Waals surface area (Å²) in [5.74, 6) is -2.21. The van der Waals surface area contributed by atoms with Crippen molar-refractivity contribution in [3.8, 4) is 22.6 Å². The van der Waals surface area contributed by atoms with E-state index in [-0.39, 0.29) is 85.9 Å². The molecular formula is C28H34O10. The summed E-state index contributed by atoms with van der Waals surface area (Å²) in [5.41, 5.74) is 2.16. The van der Waals surface area contributed by atoms with E-state index in [1.807, 2.05) is 0 Å². The van der Waals surface area contributed by atoms with Crippen LogP contribution in [0, 0.1) is 0 Å². The first-order chi connectivity index (χ1) is 18.1. The van der Waals surface area contributed by atoms with Gasteiger partial charge in [-0.25, -0.2) is 0 Å². The van der Waals surface area contributed by atoms with E-state index in [4.69, 9.17) is 18.9 Å². The van der Waals surface area contributed by atoms with E-state index < -0.39 is 23.9 Å². The van der Waals surface area contributed by atoms with Crippen LogP contribution in [0.4, 0.5) is 0 Å². The molecule has 2 rings (SSSR count). The average Bonchev–Trinajstić information content (AvgIpc) is 2.93. The maximum atomic E-state index is 11.7. The van der Waals surface area contributed by atoms with Gasteiger partial charge in [0.25, 0.3) is 0 Å². The van der Waals surface area contributed by atoms with E-state index in [1.54, 1.807) is 52.0 Å². The SMILES string of the molecule is CCC(=O)OCc1cc(-c2cc(COC(=O)CC)c(O)c(COC(=O)CC)c2)cc(COC(=O)CC)c1O. The molecule has 0 saturated heterocycles. The van der Waals surface area contributed by atoms with Gasteiger partial charge in [0.05, 0.1) is 0 Å². The molecule has 0 unspecified atom stereocenters. The average molecular weight is 531 g/mol. The zero-order chi connectivity index (χ0) is 28.2. The molecule has 10 nitrogen and oxygen atoms in total. The van der Waals surface area contributed by atoms with Crippen molar-refractivity contribution in [3.63, 3.8) is 0 Å². The van der Waals surface area contributed by atoms with Gasteiger partial charge < -0.3 is 29.2 Å². The summed E-state index contributed by atoms with van der Waals surface area (Å²) >= 11 is 0. The van der Waals surface area contributed by atoms with Crippen molar-refractivity contribution in [2.75, 3.05) is 0 Å². The van der Waals surface area contributed by atoms with Crippen molar-refractivity contribution < 1.29 is 48.3 Å². The molecule has 2 N–H and O–H groups in total. The second kappa shape index (κ2) is 14.6. The Morgan fingerprint density at radius 2 is 0.711 bits per heavy atom. The first kappa shape index (κ1) is 30.1. The molecule has 206 valence electrons. The van der Waals surface area contributed by atoms with Crippen molar-refractivity contribution in [3.05, 3.63) is 46.5 Å². The summed E-state index contributed by atoms with van der Waals surface area (Å²) in [4.78, 5) is 46.9. The highest BCUT2D eigenvalue weighted by molar-refractivity contribution is 5.73. The molecule has 10 heteroatoms. The second-order valence-electron chi connectivity index (χ2n) is 8.34. The van der Waals surface area contributed by atoms with Crippen molar-refractivity contribution in [2.24, 2.45) is 0 Å². The molecule has 0 bridgehead atoms. The van der Waals surface area contributed by atoms with E-state index in [0.29, 0.717) is 11.1 Å². The van der Waals surface area contributed by atoms with Crippen LogP contribution in [-0.4, -0.2) is 34.1 Å². The minimum atomic E-state index is -0.460. The summed E-state index contributed by atoms with van der Waals surface area (Å²) in [7, 11) is 0. The van der Waals surface area contributed by atoms with E-state index in [1.165, 1.54) is 0 Å². The molecule has 0 aromatic heterocycles. The molecular weight excluding hydrogens is 496 g/mol. The summed E-state index contributed by atoms with van der Waals surface area (Å²) in [6, 6.07) is 6.39. The lowest BCUT2D eigenvalue weighted by molar-refractivity contribution is -0.145. The Hall–Kier alpha value is -4.08. The Labute approximate surface area is 221 Å². The molecule has 0 aliphatic heterocycles. The highest BCUT2D eigenvalue weighted by Crippen LogP contribution is 2.36. The molecule has 0 heterocycles. The molecule has 0 spiro atoms. The number of phenolic OH excluding ortho intramolecular Hbond substituents is 2. The minimum absolute atomic E-state index is 0.152. The summed E-state index contributed by atoms with van der Waals surface area (Å²) in [6.07, 6.45) is 0.607. The molecule has 0 aliphatic carbocycles. The van der Waals surface area contributed by atoms with Gasteiger partial charge in [0, 0.05) is 47.9 Å². The fourth-order valence-electron chi connectivity index (χ4n) is 3.33. The van der Waals surface area contributed by atoms with Crippen LogP contribution in [0.3, 0.4) is 0 Å². The van der Waals surface area contributed by atoms with E-state index >= 15 is 0 Å². The van der Waals surface area contributed by atoms with Crippen LogP contribution in [0.2, 0.25) is 0 Å². The quantitative estimate of drug-likeness (QED) is 0.279. The first-order valence-electron chi connectivity index (χ1n) is 12.5. The van der Waals surface area contributed by atoms with E-state index in [9.17, 15) is 29.4 Å². The lowest BCUT2D eigenvalue weighted by atomic mass is 9.95. The largest absolute Gasteiger partial charge is 0.507 e. The monoisotopic (exact) mass is 530 g/mol. The van der Waals surface area contributed by atoms with Crippen molar-refractivity contribution in [1.29, 1.82) is 0 Å². The van der Waals surface area contributed by atoms with Crippen LogP contribution in [0.15, 0.2) is 24.3 Å². The van der Waals surface area contributed by atoms with Gasteiger partial charge in [-0.3, -0.25) is 19.2 Å². The molecule has 2 aromatic rings. The van der Waals surface area contributed by atoms with Crippen molar-refractivity contribution in [1.82, 2.24) is 0 Å². The highest BCUT2D eigenvalue weighted by Gasteiger charge is 2.18. The van der Waals surface area contributed by atoms with Gasteiger partial charge in [-0.15, -0.1) is 0 Å². The number of hydrogen-bond donors (Lipinski definition) is 2. The molecule has 0 aliphatic rings. The van der Waals surface area contributed by atoms with Crippen molar-refractivity contribution in [2.45, 2.75) is 79.8 Å². The number of benzene rings is 2. The topological polar surface area (TPSA) is 146 Å². The highest BCUT2D eigenvalue weighted by atomic mass is 16.5. The number of rotatable bonds is 13. The van der Waals surface area contributed by atoms with Gasteiger partial charge in [0.15, 0.2) is 0 Å². The molecule has 0 atom stereocenters. The number of aromatic hydroxyl groups is 2. The Balaban J connectivity index is 2.60. The minimum Gasteiger partial charge on any atom is -0.507 e. The zero-order valence-corrected chi connectivity index (χ0v) is 22.1. The molecule has 38 heavy (non-hydrogen) atoms. The number of phenols is 2. The Bertz CT molecular complexity index is 995. The van der Waals surface area contributed by atoms with Gasteiger partial charge in [-0.1, -0.05) is 27.7 Å². The van der Waals surface area contributed by atoms with Crippen LogP contribution in [0.1, 0.15) is 75.6 Å². The Kier molecular flexibility index (Phi) is 11.6. The van der Waals surface area contributed by atoms with Gasteiger partial charge in [-0.2, -0.15) is 0 Å². The molecule has 2 aromatic carbocycles. The van der Waals surface area contributed by atoms with Crippen molar-refractivity contribution >= 4 is 23.9 Å². The lowest BCUT2D eigenvalue weighted by Crippen LogP contribution is -2.07. The third kappa shape index (κ3) is 8.50. The Morgan fingerprint density at radius 1 is 0.500 bits per heavy atom. The Morgan fingerprint density at radius 3 is 0.895 bits per heavy atom. The fourth-order valence-corrected chi connectivity index (χ4v) is 3.33. The molecule has 0 saturated carbocycles. The summed E-state index contributed by atoms with van der Waals surface area (Å²) in [6.45, 7) is 5.69. The summed E-state index contributed by atoms with van der Waals surface area (Å²) in [5, 5.41) is 21.6. The molecule has 0 amide bonds. The fraction of sp³-hybridized carbons (Fsp3) is 0.429. The van der Waals surface area contributed by atoms with Crippen LogP contribution in [0.25, 0.3) is 11.1 Å². The van der Waals surface area contributed by atoms with Crippen LogP contribution in [0.5, 0.6) is 11.5 Å². The third-order valence-corrected chi connectivity index (χ3v) is 5.58. The van der Waals surface area contributed by atoms with Gasteiger partial charge in [-0.05, 0) is 35.4 Å². The maximum Gasteiger partial charge on any atom is 0.305 e. The predicted octanol–water partition coefficient (Wildman–Crippen LogP) is 4.58. The van der Waals surface area contributed by atoms with Crippen LogP contribution in [-0.2, 0) is 64.6 Å². The number of esters is 4. The van der Waals surface area contributed by atoms with Crippen LogP contribution >= 0.6 is 0 Å². The van der Waals surface area contributed by atoms with E-state index in [0.717, 1.165) is 0 Å². The number of hydrogen-bond acceptors (Lipinski definition) is 10. The summed E-state index contributed by atoms with van der Waals surface area (Å²) < 4.78 is 20.8. The third-order valence-electron chi connectivity index (χ3n) is 5.58. The lowest BCUT2D eigenvalue weighted by Gasteiger charge is -2.17. The molecule has 0 fully saturated rings.